The second kappa shape index (κ2) is 9.23. The van der Waals surface area contributed by atoms with Gasteiger partial charge >= 0.3 is 6.18 Å². The molecule has 9 heteroatoms. The molecule has 148 valence electrons. The maximum absolute atomic E-state index is 13.0. The fourth-order valence-corrected chi connectivity index (χ4v) is 3.14. The van der Waals surface area contributed by atoms with Gasteiger partial charge in [0.25, 0.3) is 0 Å². The molecule has 1 amide bonds. The number of hydrogen-bond donors (Lipinski definition) is 2. The van der Waals surface area contributed by atoms with E-state index in [4.69, 9.17) is 0 Å². The normalized spacial score (nSPS) is 17.2. The van der Waals surface area contributed by atoms with Crippen LogP contribution in [-0.4, -0.2) is 28.8 Å². The molecule has 1 saturated heterocycles. The number of nitrogens with zero attached hydrogens (tertiary/aromatic N) is 2. The molecule has 0 spiro atoms. The van der Waals surface area contributed by atoms with E-state index in [1.54, 1.807) is 6.20 Å². The van der Waals surface area contributed by atoms with Crippen molar-refractivity contribution in [3.05, 3.63) is 53.3 Å². The average molecular weight is 403 g/mol. The highest BCUT2D eigenvalue weighted by atomic mass is 35.5. The Morgan fingerprint density at radius 2 is 2.07 bits per heavy atom. The van der Waals surface area contributed by atoms with Crippen molar-refractivity contribution in [3.63, 3.8) is 0 Å². The Balaban J connectivity index is 0.00000261. The fraction of sp³-hybridized carbons (Fsp3) is 0.444. The van der Waals surface area contributed by atoms with Crippen LogP contribution in [0.2, 0.25) is 0 Å². The number of amides is 1. The molecular weight excluding hydrogens is 381 g/mol. The Kier molecular flexibility index (Phi) is 7.26. The first-order valence-corrected chi connectivity index (χ1v) is 8.59. The fourth-order valence-electron chi connectivity index (χ4n) is 3.14. The van der Waals surface area contributed by atoms with E-state index in [2.05, 4.69) is 15.7 Å². The maximum Gasteiger partial charge on any atom is 0.416 e. The number of alkyl halides is 3. The van der Waals surface area contributed by atoms with Crippen LogP contribution in [0.25, 0.3) is 0 Å². The second-order valence-electron chi connectivity index (χ2n) is 6.41. The monoisotopic (exact) mass is 402 g/mol. The zero-order valence-corrected chi connectivity index (χ0v) is 15.4. The Labute approximate surface area is 161 Å². The van der Waals surface area contributed by atoms with E-state index >= 15 is 0 Å². The number of piperidine rings is 1. The molecule has 1 unspecified atom stereocenters. The Morgan fingerprint density at radius 1 is 1.30 bits per heavy atom. The van der Waals surface area contributed by atoms with Gasteiger partial charge in [-0.25, -0.2) is 0 Å². The third-order valence-corrected chi connectivity index (χ3v) is 4.48. The summed E-state index contributed by atoms with van der Waals surface area (Å²) in [4.78, 5) is 12.1. The maximum atomic E-state index is 13.0. The number of halogens is 4. The summed E-state index contributed by atoms with van der Waals surface area (Å²) in [6, 6.07) is 7.13. The number of aromatic nitrogens is 2. The predicted octanol–water partition coefficient (Wildman–Crippen LogP) is 3.11. The molecule has 1 aliphatic heterocycles. The van der Waals surface area contributed by atoms with Gasteiger partial charge in [-0.3, -0.25) is 9.48 Å². The van der Waals surface area contributed by atoms with Crippen LogP contribution in [0.15, 0.2) is 36.5 Å². The molecule has 27 heavy (non-hydrogen) atoms. The van der Waals surface area contributed by atoms with Gasteiger partial charge in [0.05, 0.1) is 11.3 Å². The standard InChI is InChI=1S/C18H21F3N4O.ClH/c19-18(20,21)15-6-2-1-4-13(15)11-23-17(26)12-25-9-7-16(24-25)14-5-3-8-22-10-14;/h1-2,4,6-7,9,14,22H,3,5,8,10-12H2,(H,23,26);1H. The lowest BCUT2D eigenvalue weighted by molar-refractivity contribution is -0.138. The highest BCUT2D eigenvalue weighted by Gasteiger charge is 2.32. The van der Waals surface area contributed by atoms with Crippen LogP contribution in [0, 0.1) is 0 Å². The summed E-state index contributed by atoms with van der Waals surface area (Å²) >= 11 is 0. The molecule has 0 saturated carbocycles. The summed E-state index contributed by atoms with van der Waals surface area (Å²) in [7, 11) is 0. The van der Waals surface area contributed by atoms with Crippen molar-refractivity contribution in [1.29, 1.82) is 0 Å². The van der Waals surface area contributed by atoms with Gasteiger partial charge in [-0.1, -0.05) is 18.2 Å². The lowest BCUT2D eigenvalue weighted by atomic mass is 9.97. The number of rotatable bonds is 5. The number of carbonyl (C=O) groups is 1. The molecule has 1 aromatic heterocycles. The summed E-state index contributed by atoms with van der Waals surface area (Å²) in [6.07, 6.45) is -0.555. The molecule has 2 heterocycles. The van der Waals surface area contributed by atoms with Crippen LogP contribution in [0.3, 0.4) is 0 Å². The number of carbonyl (C=O) groups excluding carboxylic acids is 1. The third-order valence-electron chi connectivity index (χ3n) is 4.48. The largest absolute Gasteiger partial charge is 0.416 e. The summed E-state index contributed by atoms with van der Waals surface area (Å²) in [5, 5.41) is 10.3. The molecule has 1 fully saturated rings. The van der Waals surface area contributed by atoms with Crippen LogP contribution < -0.4 is 10.6 Å². The molecule has 0 bridgehead atoms. The van der Waals surface area contributed by atoms with Gasteiger partial charge in [0.2, 0.25) is 5.91 Å². The topological polar surface area (TPSA) is 59.0 Å². The van der Waals surface area contributed by atoms with E-state index in [9.17, 15) is 18.0 Å². The van der Waals surface area contributed by atoms with Crippen LogP contribution in [0.5, 0.6) is 0 Å². The van der Waals surface area contributed by atoms with E-state index in [0.29, 0.717) is 5.92 Å². The van der Waals surface area contributed by atoms with Gasteiger partial charge in [-0.05, 0) is 37.1 Å². The molecule has 1 aliphatic rings. The van der Waals surface area contributed by atoms with E-state index in [1.807, 2.05) is 6.07 Å². The lowest BCUT2D eigenvalue weighted by Crippen LogP contribution is -2.29. The smallest absolute Gasteiger partial charge is 0.350 e. The van der Waals surface area contributed by atoms with Crippen molar-refractivity contribution < 1.29 is 18.0 Å². The summed E-state index contributed by atoms with van der Waals surface area (Å²) in [5.74, 6) is -0.0369. The molecule has 0 radical (unpaired) electrons. The minimum atomic E-state index is -4.44. The number of benzene rings is 1. The second-order valence-corrected chi connectivity index (χ2v) is 6.41. The lowest BCUT2D eigenvalue weighted by Gasteiger charge is -2.20. The van der Waals surface area contributed by atoms with Crippen LogP contribution in [0.4, 0.5) is 13.2 Å². The quantitative estimate of drug-likeness (QED) is 0.808. The van der Waals surface area contributed by atoms with Crippen molar-refractivity contribution in [2.45, 2.75) is 38.0 Å². The zero-order chi connectivity index (χ0) is 18.6. The molecule has 0 aliphatic carbocycles. The van der Waals surface area contributed by atoms with E-state index in [1.165, 1.54) is 22.9 Å². The van der Waals surface area contributed by atoms with Crippen molar-refractivity contribution in [1.82, 2.24) is 20.4 Å². The number of nitrogens with one attached hydrogen (secondary N) is 2. The molecule has 1 atom stereocenters. The van der Waals surface area contributed by atoms with Crippen molar-refractivity contribution in [2.24, 2.45) is 0 Å². The Morgan fingerprint density at radius 3 is 2.78 bits per heavy atom. The highest BCUT2D eigenvalue weighted by Crippen LogP contribution is 2.31. The first-order valence-electron chi connectivity index (χ1n) is 8.59. The average Bonchev–Trinajstić information content (AvgIpc) is 3.09. The summed E-state index contributed by atoms with van der Waals surface area (Å²) in [6.45, 7) is 1.69. The predicted molar refractivity (Wildman–Crippen MR) is 97.6 cm³/mol. The highest BCUT2D eigenvalue weighted by molar-refractivity contribution is 5.85. The molecule has 2 aromatic rings. The molecule has 2 N–H and O–H groups in total. The van der Waals surface area contributed by atoms with Gasteiger partial charge in [0.1, 0.15) is 6.54 Å². The Bertz CT molecular complexity index is 757. The van der Waals surface area contributed by atoms with Crippen LogP contribution in [0.1, 0.15) is 35.6 Å². The zero-order valence-electron chi connectivity index (χ0n) is 14.6. The molecule has 3 rings (SSSR count). The van der Waals surface area contributed by atoms with E-state index in [0.717, 1.165) is 37.7 Å². The minimum absolute atomic E-state index is 0. The van der Waals surface area contributed by atoms with Crippen molar-refractivity contribution in [2.75, 3.05) is 13.1 Å². The Hall–Kier alpha value is -2.06. The van der Waals surface area contributed by atoms with Gasteiger partial charge in [0, 0.05) is 25.2 Å². The van der Waals surface area contributed by atoms with Gasteiger partial charge < -0.3 is 10.6 Å². The first kappa shape index (κ1) is 21.2. The molecule has 5 nitrogen and oxygen atoms in total. The van der Waals surface area contributed by atoms with Gasteiger partial charge in [-0.15, -0.1) is 12.4 Å². The minimum Gasteiger partial charge on any atom is -0.350 e. The van der Waals surface area contributed by atoms with E-state index < -0.39 is 11.7 Å². The first-order chi connectivity index (χ1) is 12.4. The molecular formula is C18H22ClF3N4O. The van der Waals surface area contributed by atoms with Crippen molar-refractivity contribution in [3.8, 4) is 0 Å². The van der Waals surface area contributed by atoms with Crippen LogP contribution >= 0.6 is 12.4 Å². The van der Waals surface area contributed by atoms with Gasteiger partial charge in [-0.2, -0.15) is 18.3 Å². The number of hydrogen-bond acceptors (Lipinski definition) is 3. The summed E-state index contributed by atoms with van der Waals surface area (Å²) in [5.41, 5.74) is 0.252. The van der Waals surface area contributed by atoms with Gasteiger partial charge in [0.15, 0.2) is 0 Å². The van der Waals surface area contributed by atoms with Crippen LogP contribution in [-0.2, 0) is 24.1 Å². The molecule has 1 aromatic carbocycles. The third kappa shape index (κ3) is 5.71. The SMILES string of the molecule is Cl.O=C(Cn1ccc(C2CCCNC2)n1)NCc1ccccc1C(F)(F)F. The summed E-state index contributed by atoms with van der Waals surface area (Å²) < 4.78 is 40.4. The van der Waals surface area contributed by atoms with E-state index in [-0.39, 0.29) is 37.0 Å². The van der Waals surface area contributed by atoms with Crippen molar-refractivity contribution >= 4 is 18.3 Å².